The summed E-state index contributed by atoms with van der Waals surface area (Å²) in [7, 11) is 0. The maximum atomic E-state index is 9.43. The molecule has 4 heteroatoms. The van der Waals surface area contributed by atoms with Crippen LogP contribution in [0.25, 0.3) is 6.08 Å². The Bertz CT molecular complexity index is 337. The Balaban J connectivity index is 3.11. The smallest absolute Gasteiger partial charge is 0.172 e. The van der Waals surface area contributed by atoms with E-state index in [0.29, 0.717) is 16.6 Å². The van der Waals surface area contributed by atoms with Gasteiger partial charge >= 0.3 is 0 Å². The first-order chi connectivity index (χ1) is 6.16. The normalized spacial score (nSPS) is 10.9. The van der Waals surface area contributed by atoms with Gasteiger partial charge in [0.25, 0.3) is 0 Å². The molecule has 3 nitrogen and oxygen atoms in total. The van der Waals surface area contributed by atoms with E-state index in [9.17, 15) is 10.2 Å². The van der Waals surface area contributed by atoms with Crippen LogP contribution in [0.3, 0.4) is 0 Å². The minimum atomic E-state index is -0.154. The van der Waals surface area contributed by atoms with Crippen molar-refractivity contribution in [2.24, 2.45) is 5.73 Å². The van der Waals surface area contributed by atoms with Gasteiger partial charge in [-0.2, -0.15) is 0 Å². The molecule has 1 aromatic carbocycles. The number of hydrogen-bond acceptors (Lipinski definition) is 3. The van der Waals surface area contributed by atoms with Gasteiger partial charge in [0.15, 0.2) is 11.5 Å². The fraction of sp³-hybridized carbons (Fsp3) is 0.111. The summed E-state index contributed by atoms with van der Waals surface area (Å²) in [6.07, 6.45) is 3.35. The second kappa shape index (κ2) is 4.30. The summed E-state index contributed by atoms with van der Waals surface area (Å²) in [5, 5.41) is 18.8. The van der Waals surface area contributed by atoms with Crippen LogP contribution in [0.15, 0.2) is 22.7 Å². The van der Waals surface area contributed by atoms with E-state index in [2.05, 4.69) is 15.9 Å². The summed E-state index contributed by atoms with van der Waals surface area (Å²) in [5.41, 5.74) is 5.80. The molecular formula is C9H10BrNO2. The first-order valence-corrected chi connectivity index (χ1v) is 4.53. The van der Waals surface area contributed by atoms with Gasteiger partial charge in [-0.15, -0.1) is 0 Å². The molecule has 0 amide bonds. The summed E-state index contributed by atoms with van der Waals surface area (Å²) < 4.78 is 0.467. The van der Waals surface area contributed by atoms with Crippen molar-refractivity contribution in [3.05, 3.63) is 28.2 Å². The predicted molar refractivity (Wildman–Crippen MR) is 55.6 cm³/mol. The third-order valence-electron chi connectivity index (χ3n) is 1.57. The van der Waals surface area contributed by atoms with E-state index in [1.165, 1.54) is 0 Å². The van der Waals surface area contributed by atoms with Crippen molar-refractivity contribution >= 4 is 22.0 Å². The minimum Gasteiger partial charge on any atom is -0.504 e. The van der Waals surface area contributed by atoms with E-state index < -0.39 is 0 Å². The van der Waals surface area contributed by atoms with Crippen LogP contribution in [0.2, 0.25) is 0 Å². The third-order valence-corrected chi connectivity index (χ3v) is 2.21. The molecule has 0 unspecified atom stereocenters. The molecule has 0 radical (unpaired) electrons. The Kier molecular flexibility index (Phi) is 3.33. The van der Waals surface area contributed by atoms with Crippen LogP contribution in [0.1, 0.15) is 5.56 Å². The molecule has 0 spiro atoms. The van der Waals surface area contributed by atoms with Crippen molar-refractivity contribution in [1.29, 1.82) is 0 Å². The molecule has 0 saturated heterocycles. The van der Waals surface area contributed by atoms with Crippen molar-refractivity contribution in [2.45, 2.75) is 0 Å². The zero-order chi connectivity index (χ0) is 9.84. The molecule has 0 heterocycles. The second-order valence-corrected chi connectivity index (χ2v) is 3.33. The Morgan fingerprint density at radius 3 is 2.62 bits per heavy atom. The lowest BCUT2D eigenvalue weighted by Gasteiger charge is -2.03. The zero-order valence-corrected chi connectivity index (χ0v) is 8.45. The number of nitrogens with two attached hydrogens (primary N) is 1. The fourth-order valence-corrected chi connectivity index (χ4v) is 1.22. The van der Waals surface area contributed by atoms with Crippen molar-refractivity contribution in [1.82, 2.24) is 0 Å². The topological polar surface area (TPSA) is 66.5 Å². The van der Waals surface area contributed by atoms with E-state index in [4.69, 9.17) is 5.73 Å². The maximum Gasteiger partial charge on any atom is 0.172 e. The van der Waals surface area contributed by atoms with E-state index in [1.54, 1.807) is 24.3 Å². The molecule has 70 valence electrons. The Labute approximate surface area is 84.6 Å². The van der Waals surface area contributed by atoms with Gasteiger partial charge in [-0.1, -0.05) is 12.2 Å². The number of rotatable bonds is 2. The van der Waals surface area contributed by atoms with Gasteiger partial charge in [-0.3, -0.25) is 0 Å². The van der Waals surface area contributed by atoms with Crippen molar-refractivity contribution < 1.29 is 10.2 Å². The van der Waals surface area contributed by atoms with E-state index in [-0.39, 0.29) is 11.5 Å². The molecule has 0 bridgehead atoms. The molecule has 4 N–H and O–H groups in total. The van der Waals surface area contributed by atoms with Gasteiger partial charge < -0.3 is 15.9 Å². The van der Waals surface area contributed by atoms with Crippen LogP contribution in [0.5, 0.6) is 11.5 Å². The summed E-state index contributed by atoms with van der Waals surface area (Å²) >= 11 is 3.09. The lowest BCUT2D eigenvalue weighted by molar-refractivity contribution is 0.400. The van der Waals surface area contributed by atoms with Crippen LogP contribution in [-0.4, -0.2) is 16.8 Å². The quantitative estimate of drug-likeness (QED) is 0.695. The Morgan fingerprint density at radius 1 is 1.31 bits per heavy atom. The first-order valence-electron chi connectivity index (χ1n) is 3.74. The van der Waals surface area contributed by atoms with Crippen LogP contribution in [0, 0.1) is 0 Å². The average Bonchev–Trinajstić information content (AvgIpc) is 2.13. The molecule has 0 aliphatic rings. The summed E-state index contributed by atoms with van der Waals surface area (Å²) in [5.74, 6) is -0.293. The Hall–Kier alpha value is -1.00. The summed E-state index contributed by atoms with van der Waals surface area (Å²) in [6.45, 7) is 0.399. The molecule has 0 aliphatic heterocycles. The van der Waals surface area contributed by atoms with Crippen LogP contribution < -0.4 is 5.73 Å². The van der Waals surface area contributed by atoms with Gasteiger partial charge in [0.1, 0.15) is 0 Å². The number of halogens is 1. The van der Waals surface area contributed by atoms with Crippen molar-refractivity contribution in [3.8, 4) is 11.5 Å². The Morgan fingerprint density at radius 2 is 2.00 bits per heavy atom. The molecule has 0 saturated carbocycles. The van der Waals surface area contributed by atoms with E-state index >= 15 is 0 Å². The third kappa shape index (κ3) is 2.23. The number of aromatic hydroxyl groups is 2. The molecule has 1 rings (SSSR count). The van der Waals surface area contributed by atoms with Gasteiger partial charge in [0.2, 0.25) is 0 Å². The number of hydrogen-bond donors (Lipinski definition) is 3. The number of phenols is 2. The standard InChI is InChI=1S/C9H10BrNO2/c10-7-4-3-6(2-1-5-11)8(12)9(7)13/h1-4,12-13H,5,11H2/b2-1+. The van der Waals surface area contributed by atoms with E-state index in [1.807, 2.05) is 0 Å². The van der Waals surface area contributed by atoms with E-state index in [0.717, 1.165) is 0 Å². The second-order valence-electron chi connectivity index (χ2n) is 2.47. The summed E-state index contributed by atoms with van der Waals surface area (Å²) in [6, 6.07) is 3.34. The predicted octanol–water partition coefficient (Wildman–Crippen LogP) is 1.83. The summed E-state index contributed by atoms with van der Waals surface area (Å²) in [4.78, 5) is 0. The van der Waals surface area contributed by atoms with Gasteiger partial charge in [-0.25, -0.2) is 0 Å². The molecule has 0 aliphatic carbocycles. The largest absolute Gasteiger partial charge is 0.504 e. The highest BCUT2D eigenvalue weighted by molar-refractivity contribution is 9.10. The molecule has 1 aromatic rings. The first kappa shape index (κ1) is 10.1. The maximum absolute atomic E-state index is 9.43. The van der Waals surface area contributed by atoms with Gasteiger partial charge in [-0.05, 0) is 28.1 Å². The molecule has 13 heavy (non-hydrogen) atoms. The van der Waals surface area contributed by atoms with Crippen molar-refractivity contribution in [2.75, 3.05) is 6.54 Å². The van der Waals surface area contributed by atoms with Gasteiger partial charge in [0, 0.05) is 12.1 Å². The molecule has 0 fully saturated rings. The zero-order valence-electron chi connectivity index (χ0n) is 6.87. The van der Waals surface area contributed by atoms with Crippen molar-refractivity contribution in [3.63, 3.8) is 0 Å². The lowest BCUT2D eigenvalue weighted by atomic mass is 10.1. The van der Waals surface area contributed by atoms with Crippen LogP contribution >= 0.6 is 15.9 Å². The highest BCUT2D eigenvalue weighted by Gasteiger charge is 2.06. The molecular weight excluding hydrogens is 234 g/mol. The molecule has 0 atom stereocenters. The monoisotopic (exact) mass is 243 g/mol. The molecule has 0 aromatic heterocycles. The highest BCUT2D eigenvalue weighted by atomic mass is 79.9. The highest BCUT2D eigenvalue weighted by Crippen LogP contribution is 2.36. The lowest BCUT2D eigenvalue weighted by Crippen LogP contribution is -1.92. The SMILES string of the molecule is NC/C=C/c1ccc(Br)c(O)c1O. The number of phenolic OH excluding ortho intramolecular Hbond substituents is 2. The average molecular weight is 244 g/mol. The van der Waals surface area contributed by atoms with Crippen LogP contribution in [-0.2, 0) is 0 Å². The number of benzene rings is 1. The minimum absolute atomic E-state index is 0.140. The van der Waals surface area contributed by atoms with Crippen LogP contribution in [0.4, 0.5) is 0 Å². The fourth-order valence-electron chi connectivity index (χ4n) is 0.900. The van der Waals surface area contributed by atoms with Gasteiger partial charge in [0.05, 0.1) is 4.47 Å².